The van der Waals surface area contributed by atoms with Crippen LogP contribution in [0.25, 0.3) is 0 Å². The number of carbonyl (C=O) groups is 2. The van der Waals surface area contributed by atoms with E-state index in [1.165, 1.54) is 0 Å². The van der Waals surface area contributed by atoms with Crippen LogP contribution in [-0.2, 0) is 9.59 Å². The molecule has 2 aliphatic heterocycles. The highest BCUT2D eigenvalue weighted by Gasteiger charge is 2.44. The van der Waals surface area contributed by atoms with Gasteiger partial charge in [0, 0.05) is 37.9 Å². The number of likely N-dealkylation sites (tertiary alicyclic amines) is 2. The summed E-state index contributed by atoms with van der Waals surface area (Å²) in [6, 6.07) is 4.56. The van der Waals surface area contributed by atoms with Crippen molar-refractivity contribution in [1.29, 1.82) is 0 Å². The number of pyridine rings is 1. The average Bonchev–Trinajstić information content (AvgIpc) is 3.13. The van der Waals surface area contributed by atoms with Gasteiger partial charge in [-0.1, -0.05) is 0 Å². The zero-order chi connectivity index (χ0) is 15.1. The third-order valence-electron chi connectivity index (χ3n) is 5.12. The van der Waals surface area contributed by atoms with Crippen molar-refractivity contribution in [2.24, 2.45) is 5.92 Å². The molecule has 3 heterocycles. The maximum absolute atomic E-state index is 12.9. The summed E-state index contributed by atoms with van der Waals surface area (Å²) in [5, 5.41) is 0. The van der Waals surface area contributed by atoms with Crippen LogP contribution in [0.4, 0.5) is 0 Å². The van der Waals surface area contributed by atoms with E-state index in [-0.39, 0.29) is 23.8 Å². The lowest BCUT2D eigenvalue weighted by Gasteiger charge is -2.27. The highest BCUT2D eigenvalue weighted by atomic mass is 16.2. The third-order valence-corrected chi connectivity index (χ3v) is 5.12. The normalized spacial score (nSPS) is 28.5. The summed E-state index contributed by atoms with van der Waals surface area (Å²) >= 11 is 0. The molecule has 0 N–H and O–H groups in total. The van der Waals surface area contributed by atoms with Gasteiger partial charge in [0.05, 0.1) is 12.0 Å². The van der Waals surface area contributed by atoms with E-state index < -0.39 is 0 Å². The Morgan fingerprint density at radius 2 is 1.95 bits per heavy atom. The van der Waals surface area contributed by atoms with Crippen molar-refractivity contribution in [3.63, 3.8) is 0 Å². The minimum Gasteiger partial charge on any atom is -0.339 e. The summed E-state index contributed by atoms with van der Waals surface area (Å²) in [5.74, 6) is 0.187. The second kappa shape index (κ2) is 5.38. The van der Waals surface area contributed by atoms with Gasteiger partial charge in [0.1, 0.15) is 0 Å². The summed E-state index contributed by atoms with van der Waals surface area (Å²) in [6.45, 7) is 1.43. The molecule has 0 radical (unpaired) electrons. The van der Waals surface area contributed by atoms with Gasteiger partial charge in [0.2, 0.25) is 11.8 Å². The highest BCUT2D eigenvalue weighted by Crippen LogP contribution is 2.37. The molecule has 1 aromatic rings. The molecule has 22 heavy (non-hydrogen) atoms. The van der Waals surface area contributed by atoms with Gasteiger partial charge >= 0.3 is 0 Å². The molecule has 0 spiro atoms. The fourth-order valence-electron chi connectivity index (χ4n) is 3.83. The van der Waals surface area contributed by atoms with Gasteiger partial charge in [-0.05, 0) is 43.4 Å². The Bertz CT molecular complexity index is 585. The molecule has 1 aliphatic carbocycles. The first-order chi connectivity index (χ1) is 10.7. The molecule has 2 amide bonds. The molecule has 0 bridgehead atoms. The van der Waals surface area contributed by atoms with Crippen molar-refractivity contribution >= 4 is 11.8 Å². The van der Waals surface area contributed by atoms with Gasteiger partial charge in [-0.3, -0.25) is 14.6 Å². The van der Waals surface area contributed by atoms with E-state index in [9.17, 15) is 9.59 Å². The molecule has 2 atom stereocenters. The minimum atomic E-state index is -0.143. The van der Waals surface area contributed by atoms with Gasteiger partial charge in [-0.25, -0.2) is 0 Å². The first kappa shape index (κ1) is 13.7. The van der Waals surface area contributed by atoms with Crippen LogP contribution in [-0.4, -0.2) is 45.7 Å². The SMILES string of the molecule is O=C1CC(C(=O)N2CCCC2c2ccncc2)CN1C1CC1. The summed E-state index contributed by atoms with van der Waals surface area (Å²) in [5.41, 5.74) is 1.16. The zero-order valence-electron chi connectivity index (χ0n) is 12.6. The fourth-order valence-corrected chi connectivity index (χ4v) is 3.83. The molecule has 3 fully saturated rings. The van der Waals surface area contributed by atoms with Crippen molar-refractivity contribution in [1.82, 2.24) is 14.8 Å². The average molecular weight is 299 g/mol. The van der Waals surface area contributed by atoms with Gasteiger partial charge < -0.3 is 9.80 Å². The van der Waals surface area contributed by atoms with Crippen molar-refractivity contribution < 1.29 is 9.59 Å². The van der Waals surface area contributed by atoms with Crippen LogP contribution < -0.4 is 0 Å². The first-order valence-electron chi connectivity index (χ1n) is 8.24. The molecule has 2 unspecified atom stereocenters. The number of amides is 2. The van der Waals surface area contributed by atoms with Crippen LogP contribution in [0, 0.1) is 5.92 Å². The van der Waals surface area contributed by atoms with Crippen LogP contribution in [0.3, 0.4) is 0 Å². The molecule has 1 saturated carbocycles. The van der Waals surface area contributed by atoms with Crippen LogP contribution in [0.2, 0.25) is 0 Å². The second-order valence-electron chi connectivity index (χ2n) is 6.65. The number of hydrogen-bond acceptors (Lipinski definition) is 3. The maximum Gasteiger partial charge on any atom is 0.228 e. The number of carbonyl (C=O) groups excluding carboxylic acids is 2. The van der Waals surface area contributed by atoms with Crippen LogP contribution >= 0.6 is 0 Å². The summed E-state index contributed by atoms with van der Waals surface area (Å²) in [7, 11) is 0. The Morgan fingerprint density at radius 1 is 1.18 bits per heavy atom. The fraction of sp³-hybridized carbons (Fsp3) is 0.588. The van der Waals surface area contributed by atoms with Crippen LogP contribution in [0.1, 0.15) is 43.7 Å². The van der Waals surface area contributed by atoms with Crippen molar-refractivity contribution in [3.8, 4) is 0 Å². The molecule has 0 aromatic carbocycles. The van der Waals surface area contributed by atoms with Gasteiger partial charge in [0.25, 0.3) is 0 Å². The minimum absolute atomic E-state index is 0.143. The maximum atomic E-state index is 12.9. The Morgan fingerprint density at radius 3 is 2.68 bits per heavy atom. The van der Waals surface area contributed by atoms with E-state index in [0.29, 0.717) is 19.0 Å². The van der Waals surface area contributed by atoms with Gasteiger partial charge in [0.15, 0.2) is 0 Å². The third kappa shape index (κ3) is 2.38. The lowest BCUT2D eigenvalue weighted by molar-refractivity contribution is -0.136. The lowest BCUT2D eigenvalue weighted by Crippen LogP contribution is -2.37. The Kier molecular flexibility index (Phi) is 3.36. The molecule has 2 saturated heterocycles. The number of aromatic nitrogens is 1. The summed E-state index contributed by atoms with van der Waals surface area (Å²) in [6.07, 6.45) is 8.21. The predicted molar refractivity (Wildman–Crippen MR) is 80.8 cm³/mol. The van der Waals surface area contributed by atoms with E-state index in [4.69, 9.17) is 0 Å². The van der Waals surface area contributed by atoms with E-state index in [2.05, 4.69) is 4.98 Å². The molecule has 1 aromatic heterocycles. The Balaban J connectivity index is 1.49. The number of rotatable bonds is 3. The first-order valence-corrected chi connectivity index (χ1v) is 8.24. The smallest absolute Gasteiger partial charge is 0.228 e. The van der Waals surface area contributed by atoms with Crippen molar-refractivity contribution in [2.75, 3.05) is 13.1 Å². The molecule has 3 aliphatic rings. The predicted octanol–water partition coefficient (Wildman–Crippen LogP) is 1.76. The topological polar surface area (TPSA) is 53.5 Å². The molecule has 4 rings (SSSR count). The second-order valence-corrected chi connectivity index (χ2v) is 6.65. The zero-order valence-corrected chi connectivity index (χ0v) is 12.6. The molecule has 5 heteroatoms. The van der Waals surface area contributed by atoms with E-state index in [1.807, 2.05) is 21.9 Å². The molecule has 5 nitrogen and oxygen atoms in total. The molecule has 116 valence electrons. The highest BCUT2D eigenvalue weighted by molar-refractivity contribution is 5.90. The van der Waals surface area contributed by atoms with Crippen LogP contribution in [0.15, 0.2) is 24.5 Å². The Hall–Kier alpha value is -1.91. The van der Waals surface area contributed by atoms with E-state index in [1.54, 1.807) is 12.4 Å². The van der Waals surface area contributed by atoms with Crippen molar-refractivity contribution in [2.45, 2.75) is 44.2 Å². The van der Waals surface area contributed by atoms with E-state index >= 15 is 0 Å². The quantitative estimate of drug-likeness (QED) is 0.854. The summed E-state index contributed by atoms with van der Waals surface area (Å²) < 4.78 is 0. The molecular formula is C17H21N3O2. The van der Waals surface area contributed by atoms with Crippen LogP contribution in [0.5, 0.6) is 0 Å². The monoisotopic (exact) mass is 299 g/mol. The van der Waals surface area contributed by atoms with Crippen molar-refractivity contribution in [3.05, 3.63) is 30.1 Å². The summed E-state index contributed by atoms with van der Waals surface area (Å²) in [4.78, 5) is 33.0. The lowest BCUT2D eigenvalue weighted by atomic mass is 10.0. The molecular weight excluding hydrogens is 278 g/mol. The van der Waals surface area contributed by atoms with Gasteiger partial charge in [-0.2, -0.15) is 0 Å². The van der Waals surface area contributed by atoms with E-state index in [0.717, 1.165) is 37.8 Å². The Labute approximate surface area is 130 Å². The largest absolute Gasteiger partial charge is 0.339 e. The standard InChI is InChI=1S/C17H21N3O2/c21-16-10-13(11-20(16)14-3-4-14)17(22)19-9-1-2-15(19)12-5-7-18-8-6-12/h5-8,13-15H,1-4,9-11H2. The number of nitrogens with zero attached hydrogens (tertiary/aromatic N) is 3. The number of hydrogen-bond donors (Lipinski definition) is 0. The van der Waals surface area contributed by atoms with Gasteiger partial charge in [-0.15, -0.1) is 0 Å².